The zero-order valence-corrected chi connectivity index (χ0v) is 19.4. The first-order valence-electron chi connectivity index (χ1n) is 10.6. The van der Waals surface area contributed by atoms with E-state index >= 15 is 0 Å². The Morgan fingerprint density at radius 2 is 1.74 bits per heavy atom. The summed E-state index contributed by atoms with van der Waals surface area (Å²) in [5.41, 5.74) is 3.38. The zero-order valence-electron chi connectivity index (χ0n) is 18.6. The molecule has 1 fully saturated rings. The third kappa shape index (κ3) is 4.65. The molecule has 1 saturated heterocycles. The number of aromatic nitrogens is 2. The minimum atomic E-state index is 0.0704. The Morgan fingerprint density at radius 1 is 1.06 bits per heavy atom. The molecular formula is C23H29N5O2S. The molecule has 0 radical (unpaired) electrons. The predicted octanol–water partition coefficient (Wildman–Crippen LogP) is 2.61. The molecule has 2 aromatic heterocycles. The molecule has 31 heavy (non-hydrogen) atoms. The Kier molecular flexibility index (Phi) is 6.11. The number of likely N-dealkylation sites (N-methyl/N-ethyl adjacent to an activating group) is 1. The Bertz CT molecular complexity index is 1090. The lowest BCUT2D eigenvalue weighted by Gasteiger charge is -2.34. The van der Waals surface area contributed by atoms with Crippen LogP contribution in [0.2, 0.25) is 0 Å². The molecule has 0 spiro atoms. The highest BCUT2D eigenvalue weighted by Gasteiger charge is 2.26. The number of benzene rings is 1. The molecule has 0 N–H and O–H groups in total. The molecule has 7 nitrogen and oxygen atoms in total. The Balaban J connectivity index is 1.46. The van der Waals surface area contributed by atoms with Gasteiger partial charge in [0, 0.05) is 45.7 Å². The van der Waals surface area contributed by atoms with E-state index in [2.05, 4.69) is 36.1 Å². The minimum Gasteiger partial charge on any atom is -0.348 e. The van der Waals surface area contributed by atoms with E-state index in [0.29, 0.717) is 26.2 Å². The van der Waals surface area contributed by atoms with Crippen molar-refractivity contribution in [3.05, 3.63) is 52.0 Å². The maximum absolute atomic E-state index is 13.1. The van der Waals surface area contributed by atoms with Gasteiger partial charge in [-0.2, -0.15) is 5.10 Å². The molecule has 0 aliphatic carbocycles. The summed E-state index contributed by atoms with van der Waals surface area (Å²) in [6.45, 7) is 7.90. The fraction of sp³-hybridized carbons (Fsp3) is 0.435. The molecule has 0 bridgehead atoms. The second-order valence-electron chi connectivity index (χ2n) is 8.41. The summed E-state index contributed by atoms with van der Waals surface area (Å²) >= 11 is 1.52. The molecule has 0 unspecified atom stereocenters. The molecule has 0 atom stereocenters. The van der Waals surface area contributed by atoms with Crippen LogP contribution in [0.1, 0.15) is 26.5 Å². The van der Waals surface area contributed by atoms with E-state index in [9.17, 15) is 9.59 Å². The number of aryl methyl sites for hydroxylation is 2. The van der Waals surface area contributed by atoms with Gasteiger partial charge in [0.1, 0.15) is 4.83 Å². The van der Waals surface area contributed by atoms with Gasteiger partial charge in [0.2, 0.25) is 5.91 Å². The van der Waals surface area contributed by atoms with Crippen LogP contribution in [0, 0.1) is 13.8 Å². The first-order chi connectivity index (χ1) is 14.8. The third-order valence-electron chi connectivity index (χ3n) is 5.79. The maximum atomic E-state index is 13.1. The Hall–Kier alpha value is -2.71. The molecule has 3 aromatic rings. The van der Waals surface area contributed by atoms with Gasteiger partial charge in [0.25, 0.3) is 5.91 Å². The van der Waals surface area contributed by atoms with Crippen molar-refractivity contribution in [2.45, 2.75) is 20.4 Å². The van der Waals surface area contributed by atoms with E-state index < -0.39 is 0 Å². The average molecular weight is 440 g/mol. The first-order valence-corrected chi connectivity index (χ1v) is 11.4. The van der Waals surface area contributed by atoms with Crippen molar-refractivity contribution in [3.63, 3.8) is 0 Å². The molecule has 164 valence electrons. The summed E-state index contributed by atoms with van der Waals surface area (Å²) in [6.07, 6.45) is 0. The molecule has 8 heteroatoms. The molecular weight excluding hydrogens is 410 g/mol. The van der Waals surface area contributed by atoms with E-state index in [1.807, 2.05) is 22.6 Å². The van der Waals surface area contributed by atoms with Crippen LogP contribution in [0.25, 0.3) is 10.2 Å². The molecule has 1 aromatic carbocycles. The number of rotatable bonds is 5. The average Bonchev–Trinajstić information content (AvgIpc) is 3.31. The lowest BCUT2D eigenvalue weighted by Crippen LogP contribution is -2.50. The summed E-state index contributed by atoms with van der Waals surface area (Å²) in [6, 6.07) is 10.4. The van der Waals surface area contributed by atoms with Crippen LogP contribution in [0.5, 0.6) is 0 Å². The summed E-state index contributed by atoms with van der Waals surface area (Å²) < 4.78 is 2.00. The molecule has 4 rings (SSSR count). The molecule has 2 amide bonds. The Labute approximate surface area is 186 Å². The van der Waals surface area contributed by atoms with Crippen LogP contribution < -0.4 is 0 Å². The van der Waals surface area contributed by atoms with Crippen LogP contribution in [0.3, 0.4) is 0 Å². The van der Waals surface area contributed by atoms with Gasteiger partial charge in [-0.1, -0.05) is 29.8 Å². The number of hydrogen-bond acceptors (Lipinski definition) is 5. The largest absolute Gasteiger partial charge is 0.348 e. The topological polar surface area (TPSA) is 61.7 Å². The monoisotopic (exact) mass is 439 g/mol. The maximum Gasteiger partial charge on any atom is 0.264 e. The highest BCUT2D eigenvalue weighted by Crippen LogP contribution is 2.30. The first kappa shape index (κ1) is 21.5. The van der Waals surface area contributed by atoms with Gasteiger partial charge in [-0.15, -0.1) is 11.3 Å². The van der Waals surface area contributed by atoms with E-state index in [-0.39, 0.29) is 11.8 Å². The van der Waals surface area contributed by atoms with Crippen LogP contribution in [-0.4, -0.2) is 83.1 Å². The van der Waals surface area contributed by atoms with Crippen molar-refractivity contribution in [2.75, 3.05) is 46.8 Å². The van der Waals surface area contributed by atoms with Crippen molar-refractivity contribution < 1.29 is 9.59 Å². The number of piperazine rings is 1. The van der Waals surface area contributed by atoms with Crippen LogP contribution in [0.15, 0.2) is 30.3 Å². The number of carbonyl (C=O) groups excluding carboxylic acids is 2. The quantitative estimate of drug-likeness (QED) is 0.613. The van der Waals surface area contributed by atoms with Crippen molar-refractivity contribution in [1.29, 1.82) is 0 Å². The summed E-state index contributed by atoms with van der Waals surface area (Å²) in [5, 5.41) is 5.74. The van der Waals surface area contributed by atoms with Crippen molar-refractivity contribution in [2.24, 2.45) is 0 Å². The summed E-state index contributed by atoms with van der Waals surface area (Å²) in [7, 11) is 3.54. The van der Waals surface area contributed by atoms with Crippen LogP contribution in [-0.2, 0) is 11.3 Å². The fourth-order valence-electron chi connectivity index (χ4n) is 3.79. The van der Waals surface area contributed by atoms with Gasteiger partial charge in [0.05, 0.1) is 23.7 Å². The summed E-state index contributed by atoms with van der Waals surface area (Å²) in [5.74, 6) is 0.166. The zero-order chi connectivity index (χ0) is 22.1. The number of nitrogens with zero attached hydrogens (tertiary/aromatic N) is 5. The molecule has 3 heterocycles. The van der Waals surface area contributed by atoms with Gasteiger partial charge in [-0.05, 0) is 25.5 Å². The lowest BCUT2D eigenvalue weighted by atomic mass is 10.1. The van der Waals surface area contributed by atoms with Gasteiger partial charge < -0.3 is 9.80 Å². The predicted molar refractivity (Wildman–Crippen MR) is 124 cm³/mol. The normalized spacial score (nSPS) is 14.9. The molecule has 1 aliphatic rings. The lowest BCUT2D eigenvalue weighted by molar-refractivity contribution is -0.130. The number of amides is 2. The Morgan fingerprint density at radius 3 is 2.39 bits per heavy atom. The number of thiophene rings is 1. The van der Waals surface area contributed by atoms with E-state index in [4.69, 9.17) is 5.10 Å². The van der Waals surface area contributed by atoms with E-state index in [1.165, 1.54) is 22.5 Å². The number of hydrogen-bond donors (Lipinski definition) is 0. The van der Waals surface area contributed by atoms with Crippen molar-refractivity contribution in [1.82, 2.24) is 24.5 Å². The van der Waals surface area contributed by atoms with E-state index in [1.54, 1.807) is 19.0 Å². The second-order valence-corrected chi connectivity index (χ2v) is 9.45. The number of carbonyl (C=O) groups is 2. The highest BCUT2D eigenvalue weighted by molar-refractivity contribution is 7.20. The minimum absolute atomic E-state index is 0.0704. The van der Waals surface area contributed by atoms with Gasteiger partial charge in [0.15, 0.2) is 0 Å². The highest BCUT2D eigenvalue weighted by atomic mass is 32.1. The van der Waals surface area contributed by atoms with Gasteiger partial charge >= 0.3 is 0 Å². The summed E-state index contributed by atoms with van der Waals surface area (Å²) in [4.78, 5) is 32.5. The number of fused-ring (bicyclic) bond motifs is 1. The van der Waals surface area contributed by atoms with Crippen molar-refractivity contribution >= 4 is 33.4 Å². The van der Waals surface area contributed by atoms with Crippen LogP contribution in [0.4, 0.5) is 0 Å². The fourth-order valence-corrected chi connectivity index (χ4v) is 4.92. The SMILES string of the molecule is Cc1ccc(Cn2nc(C)c3cc(C(=O)N4CCN(CC(=O)N(C)C)CC4)sc32)cc1. The van der Waals surface area contributed by atoms with Gasteiger partial charge in [-0.3, -0.25) is 19.2 Å². The smallest absolute Gasteiger partial charge is 0.264 e. The molecule has 1 aliphatic heterocycles. The van der Waals surface area contributed by atoms with Crippen molar-refractivity contribution in [3.8, 4) is 0 Å². The second kappa shape index (κ2) is 8.80. The van der Waals surface area contributed by atoms with Gasteiger partial charge in [-0.25, -0.2) is 0 Å². The van der Waals surface area contributed by atoms with Crippen LogP contribution >= 0.6 is 11.3 Å². The standard InChI is InChI=1S/C23H29N5O2S/c1-16-5-7-18(8-6-16)14-28-23-19(17(2)24-28)13-20(31-23)22(30)27-11-9-26(10-12-27)15-21(29)25(3)4/h5-8,13H,9-12,14-15H2,1-4H3. The van der Waals surface area contributed by atoms with E-state index in [0.717, 1.165) is 33.9 Å². The third-order valence-corrected chi connectivity index (χ3v) is 6.92. The molecule has 0 saturated carbocycles.